The second-order valence-corrected chi connectivity index (χ2v) is 12.4. The van der Waals surface area contributed by atoms with Gasteiger partial charge in [0.2, 0.25) is 5.91 Å². The number of aliphatic carboxylic acids is 1. The molecule has 0 bridgehead atoms. The summed E-state index contributed by atoms with van der Waals surface area (Å²) in [6.45, 7) is 3.81. The summed E-state index contributed by atoms with van der Waals surface area (Å²) in [6.07, 6.45) is 3.03. The van der Waals surface area contributed by atoms with Crippen molar-refractivity contribution in [3.63, 3.8) is 0 Å². The number of aryl methyl sites for hydroxylation is 1. The van der Waals surface area contributed by atoms with E-state index in [0.29, 0.717) is 17.6 Å². The minimum absolute atomic E-state index is 0.167. The lowest BCUT2D eigenvalue weighted by atomic mass is 9.92. The maximum Gasteiger partial charge on any atom is 0.265 e. The van der Waals surface area contributed by atoms with Gasteiger partial charge in [-0.1, -0.05) is 30.0 Å². The lowest BCUT2D eigenvalue weighted by Crippen LogP contribution is -2.61. The molecule has 0 aliphatic carbocycles. The lowest BCUT2D eigenvalue weighted by molar-refractivity contribution is -0.301. The van der Waals surface area contributed by atoms with Gasteiger partial charge in [0.15, 0.2) is 0 Å². The molecular weight excluding hydrogens is 502 g/mol. The average molecular weight is 525 g/mol. The second-order valence-electron chi connectivity index (χ2n) is 9.34. The van der Waals surface area contributed by atoms with Crippen LogP contribution in [0.15, 0.2) is 64.3 Å². The molecule has 1 amide bonds. The van der Waals surface area contributed by atoms with E-state index < -0.39 is 39.3 Å². The number of thioether (sulfide) groups is 1. The number of carbonyl (C=O) groups is 2. The van der Waals surface area contributed by atoms with E-state index >= 15 is 0 Å². The van der Waals surface area contributed by atoms with E-state index in [1.165, 1.54) is 11.2 Å². The monoisotopic (exact) mass is 524 g/mol. The van der Waals surface area contributed by atoms with Gasteiger partial charge in [-0.05, 0) is 48.6 Å². The van der Waals surface area contributed by atoms with Gasteiger partial charge in [0.1, 0.15) is 5.37 Å². The van der Waals surface area contributed by atoms with Gasteiger partial charge in [-0.2, -0.15) is 0 Å². The highest BCUT2D eigenvalue weighted by atomic mass is 32.2. The van der Waals surface area contributed by atoms with E-state index in [1.807, 2.05) is 42.1 Å². The summed E-state index contributed by atoms with van der Waals surface area (Å²) < 4.78 is 30.5. The fourth-order valence-electron chi connectivity index (χ4n) is 5.34. The molecule has 186 valence electrons. The SMILES string of the molecule is Cc1ccn(Cc2ccc3c4c(cccc24)N(CC2=C(C(=O)[O-])N4C(=O)C(C(C)O)C4S2)S3(=O)=O)c1. The van der Waals surface area contributed by atoms with Gasteiger partial charge in [-0.15, -0.1) is 0 Å². The Morgan fingerprint density at radius 1 is 1.19 bits per heavy atom. The normalized spacial score (nSPS) is 22.8. The van der Waals surface area contributed by atoms with Gasteiger partial charge < -0.3 is 19.6 Å². The zero-order valence-electron chi connectivity index (χ0n) is 19.4. The van der Waals surface area contributed by atoms with Crippen LogP contribution in [0.3, 0.4) is 0 Å². The number of nitrogens with zero attached hydrogens (tertiary/aromatic N) is 3. The Bertz CT molecular complexity index is 1610. The molecule has 0 spiro atoms. The number of sulfonamides is 1. The zero-order chi connectivity index (χ0) is 25.5. The third kappa shape index (κ3) is 3.16. The van der Waals surface area contributed by atoms with Crippen molar-refractivity contribution in [3.8, 4) is 0 Å². The molecule has 1 saturated heterocycles. The van der Waals surface area contributed by atoms with Gasteiger partial charge in [0, 0.05) is 29.2 Å². The molecular formula is C25H22N3O6S2-. The van der Waals surface area contributed by atoms with E-state index in [1.54, 1.807) is 18.2 Å². The number of rotatable bonds is 6. The largest absolute Gasteiger partial charge is 0.543 e. The molecule has 1 N–H and O–H groups in total. The van der Waals surface area contributed by atoms with E-state index in [9.17, 15) is 28.2 Å². The van der Waals surface area contributed by atoms with Crippen molar-refractivity contribution in [1.82, 2.24) is 9.47 Å². The Balaban J connectivity index is 1.41. The topological polar surface area (TPSA) is 123 Å². The predicted molar refractivity (Wildman–Crippen MR) is 132 cm³/mol. The summed E-state index contributed by atoms with van der Waals surface area (Å²) in [5.74, 6) is -2.80. The van der Waals surface area contributed by atoms with Crippen molar-refractivity contribution in [2.24, 2.45) is 5.92 Å². The molecule has 3 aliphatic heterocycles. The fourth-order valence-corrected chi connectivity index (χ4v) is 8.67. The van der Waals surface area contributed by atoms with E-state index in [2.05, 4.69) is 0 Å². The fraction of sp³-hybridized carbons (Fsp3) is 0.280. The molecule has 6 rings (SSSR count). The number of β-lactam (4-membered cyclic amide) rings is 1. The van der Waals surface area contributed by atoms with Gasteiger partial charge in [0.25, 0.3) is 10.0 Å². The third-order valence-corrected chi connectivity index (χ3v) is 10.2. The molecule has 0 saturated carbocycles. The van der Waals surface area contributed by atoms with Crippen molar-refractivity contribution < 1.29 is 28.2 Å². The standard InChI is InChI=1S/C25H23N3O6S2/c1-13-8-9-26(10-13)11-15-6-7-19-21-16(15)4-3-5-17(21)27(36(19,33)34)12-18-22(25(31)32)28-23(30)20(14(2)29)24(28)35-18/h3-10,14,20,24,29H,11-12H2,1-2H3,(H,31,32)/p-1. The molecule has 0 radical (unpaired) electrons. The number of amides is 1. The molecule has 1 aromatic heterocycles. The van der Waals surface area contributed by atoms with Crippen molar-refractivity contribution in [2.45, 2.75) is 36.8 Å². The summed E-state index contributed by atoms with van der Waals surface area (Å²) in [5.41, 5.74) is 2.23. The van der Waals surface area contributed by atoms with Crippen LogP contribution < -0.4 is 9.41 Å². The van der Waals surface area contributed by atoms with Crippen LogP contribution in [0, 0.1) is 12.8 Å². The van der Waals surface area contributed by atoms with Crippen LogP contribution in [0.4, 0.5) is 5.69 Å². The Labute approximate surface area is 211 Å². The summed E-state index contributed by atoms with van der Waals surface area (Å²) in [7, 11) is -3.97. The van der Waals surface area contributed by atoms with E-state index in [4.69, 9.17) is 0 Å². The second kappa shape index (κ2) is 7.86. The van der Waals surface area contributed by atoms with Crippen LogP contribution in [0.5, 0.6) is 0 Å². The summed E-state index contributed by atoms with van der Waals surface area (Å²) in [6, 6.07) is 10.8. The first-order valence-corrected chi connectivity index (χ1v) is 13.7. The van der Waals surface area contributed by atoms with Crippen LogP contribution in [0.25, 0.3) is 10.8 Å². The molecule has 1 fully saturated rings. The third-order valence-electron chi connectivity index (χ3n) is 7.01. The number of hydrogen-bond donors (Lipinski definition) is 1. The van der Waals surface area contributed by atoms with Crippen molar-refractivity contribution in [1.29, 1.82) is 0 Å². The van der Waals surface area contributed by atoms with Crippen molar-refractivity contribution in [3.05, 3.63) is 70.5 Å². The van der Waals surface area contributed by atoms with Gasteiger partial charge in [-0.25, -0.2) is 8.42 Å². The first-order chi connectivity index (χ1) is 17.1. The Hall–Kier alpha value is -3.28. The molecule has 3 aromatic rings. The quantitative estimate of drug-likeness (QED) is 0.484. The highest BCUT2D eigenvalue weighted by Crippen LogP contribution is 2.52. The number of anilines is 1. The van der Waals surface area contributed by atoms with Gasteiger partial charge >= 0.3 is 0 Å². The molecule has 3 unspecified atom stereocenters. The Morgan fingerprint density at radius 3 is 2.64 bits per heavy atom. The number of carboxylic acids is 1. The lowest BCUT2D eigenvalue weighted by Gasteiger charge is -2.44. The summed E-state index contributed by atoms with van der Waals surface area (Å²) >= 11 is 1.09. The zero-order valence-corrected chi connectivity index (χ0v) is 21.0. The minimum atomic E-state index is -3.97. The molecule has 2 aromatic carbocycles. The van der Waals surface area contributed by atoms with Crippen LogP contribution in [-0.4, -0.2) is 52.9 Å². The number of benzene rings is 2. The van der Waals surface area contributed by atoms with Crippen LogP contribution >= 0.6 is 11.8 Å². The average Bonchev–Trinajstić information content (AvgIpc) is 3.43. The number of carboxylic acid groups (broad SMARTS) is 1. The maximum absolute atomic E-state index is 13.6. The molecule has 9 nitrogen and oxygen atoms in total. The van der Waals surface area contributed by atoms with Crippen LogP contribution in [0.1, 0.15) is 18.1 Å². The molecule has 3 atom stereocenters. The summed E-state index contributed by atoms with van der Waals surface area (Å²) in [5, 5.41) is 22.8. The highest BCUT2D eigenvalue weighted by Gasteiger charge is 2.56. The van der Waals surface area contributed by atoms with E-state index in [0.717, 1.165) is 33.2 Å². The van der Waals surface area contributed by atoms with Gasteiger partial charge in [0.05, 0.1) is 40.8 Å². The molecule has 4 heterocycles. The predicted octanol–water partition coefficient (Wildman–Crippen LogP) is 1.38. The van der Waals surface area contributed by atoms with Gasteiger partial charge in [-0.3, -0.25) is 14.0 Å². The number of carbonyl (C=O) groups excluding carboxylic acids is 2. The Kier molecular flexibility index (Phi) is 5.05. The van der Waals surface area contributed by atoms with E-state index in [-0.39, 0.29) is 22.0 Å². The van der Waals surface area contributed by atoms with Crippen molar-refractivity contribution in [2.75, 3.05) is 10.8 Å². The molecule has 36 heavy (non-hydrogen) atoms. The first kappa shape index (κ1) is 23.1. The number of aliphatic hydroxyl groups excluding tert-OH is 1. The van der Waals surface area contributed by atoms with Crippen LogP contribution in [0.2, 0.25) is 0 Å². The molecule has 11 heteroatoms. The minimum Gasteiger partial charge on any atom is -0.543 e. The number of hydrogen-bond acceptors (Lipinski definition) is 7. The highest BCUT2D eigenvalue weighted by molar-refractivity contribution is 8.04. The smallest absolute Gasteiger partial charge is 0.265 e. The van der Waals surface area contributed by atoms with Crippen molar-refractivity contribution >= 4 is 50.1 Å². The van der Waals surface area contributed by atoms with Crippen LogP contribution in [-0.2, 0) is 26.2 Å². The Morgan fingerprint density at radius 2 is 1.97 bits per heavy atom. The number of aliphatic hydroxyl groups is 1. The number of fused-ring (bicyclic) bond motifs is 1. The molecule has 3 aliphatic rings. The first-order valence-electron chi connectivity index (χ1n) is 11.4. The maximum atomic E-state index is 13.6. The summed E-state index contributed by atoms with van der Waals surface area (Å²) in [4.78, 5) is 26.0. The number of aromatic nitrogens is 1.